The highest BCUT2D eigenvalue weighted by molar-refractivity contribution is 5.79. The Morgan fingerprint density at radius 3 is 2.58 bits per heavy atom. The number of likely N-dealkylation sites (tertiary alicyclic amines) is 1. The monoisotopic (exact) mass is 333 g/mol. The summed E-state index contributed by atoms with van der Waals surface area (Å²) >= 11 is 0. The van der Waals surface area contributed by atoms with Crippen LogP contribution in [0.4, 0.5) is 4.79 Å². The molecule has 1 saturated heterocycles. The van der Waals surface area contributed by atoms with Crippen molar-refractivity contribution in [3.8, 4) is 0 Å². The Hall–Kier alpha value is -2.11. The lowest BCUT2D eigenvalue weighted by molar-refractivity contribution is -0.126. The van der Waals surface area contributed by atoms with E-state index in [0.29, 0.717) is 32.5 Å². The van der Waals surface area contributed by atoms with Gasteiger partial charge in [0.05, 0.1) is 0 Å². The Labute approximate surface area is 143 Å². The number of aromatic nitrogens is 1. The summed E-state index contributed by atoms with van der Waals surface area (Å²) in [6.07, 6.45) is 3.53. The van der Waals surface area contributed by atoms with Crippen LogP contribution in [0.1, 0.15) is 39.3 Å². The van der Waals surface area contributed by atoms with Crippen molar-refractivity contribution < 1.29 is 14.3 Å². The maximum absolute atomic E-state index is 12.2. The lowest BCUT2D eigenvalue weighted by Crippen LogP contribution is -2.45. The van der Waals surface area contributed by atoms with Crippen LogP contribution in [0.3, 0.4) is 0 Å². The molecule has 0 aromatic carbocycles. The first-order chi connectivity index (χ1) is 11.3. The molecule has 1 N–H and O–H groups in total. The van der Waals surface area contributed by atoms with E-state index in [4.69, 9.17) is 4.74 Å². The fourth-order valence-corrected chi connectivity index (χ4v) is 2.65. The van der Waals surface area contributed by atoms with Crippen LogP contribution in [0.5, 0.6) is 0 Å². The van der Waals surface area contributed by atoms with E-state index in [9.17, 15) is 9.59 Å². The number of pyridine rings is 1. The number of nitrogens with one attached hydrogen (secondary N) is 1. The van der Waals surface area contributed by atoms with E-state index in [1.54, 1.807) is 11.1 Å². The molecule has 1 aliphatic heterocycles. The predicted molar refractivity (Wildman–Crippen MR) is 91.5 cm³/mol. The number of piperidine rings is 1. The van der Waals surface area contributed by atoms with Gasteiger partial charge in [0.15, 0.2) is 0 Å². The van der Waals surface area contributed by atoms with E-state index in [-0.39, 0.29) is 17.9 Å². The van der Waals surface area contributed by atoms with Crippen molar-refractivity contribution in [3.63, 3.8) is 0 Å². The molecular formula is C18H27N3O3. The molecule has 0 atom stereocenters. The van der Waals surface area contributed by atoms with Crippen LogP contribution in [-0.4, -0.2) is 47.1 Å². The van der Waals surface area contributed by atoms with Gasteiger partial charge < -0.3 is 15.0 Å². The molecule has 0 unspecified atom stereocenters. The Bertz CT molecular complexity index is 546. The molecule has 6 nitrogen and oxygen atoms in total. The molecule has 2 rings (SSSR count). The molecule has 1 aromatic rings. The van der Waals surface area contributed by atoms with Gasteiger partial charge in [-0.05, 0) is 45.7 Å². The summed E-state index contributed by atoms with van der Waals surface area (Å²) in [5.74, 6) is 0.0298. The molecule has 1 fully saturated rings. The second kappa shape index (κ2) is 8.13. The van der Waals surface area contributed by atoms with Crippen molar-refractivity contribution in [2.75, 3.05) is 19.6 Å². The lowest BCUT2D eigenvalue weighted by atomic mass is 9.96. The van der Waals surface area contributed by atoms with Gasteiger partial charge in [-0.25, -0.2) is 4.79 Å². The van der Waals surface area contributed by atoms with Gasteiger partial charge in [0, 0.05) is 43.9 Å². The molecular weight excluding hydrogens is 306 g/mol. The molecule has 1 aromatic heterocycles. The van der Waals surface area contributed by atoms with Crippen LogP contribution in [-0.2, 0) is 16.0 Å². The van der Waals surface area contributed by atoms with Crippen LogP contribution >= 0.6 is 0 Å². The van der Waals surface area contributed by atoms with Crippen molar-refractivity contribution in [2.24, 2.45) is 5.92 Å². The number of nitrogens with zero attached hydrogens (tertiary/aromatic N) is 2. The number of ether oxygens (including phenoxy) is 1. The number of carbonyl (C=O) groups excluding carboxylic acids is 2. The third-order valence-electron chi connectivity index (χ3n) is 3.92. The third-order valence-corrected chi connectivity index (χ3v) is 3.92. The number of hydrogen-bond acceptors (Lipinski definition) is 4. The van der Waals surface area contributed by atoms with E-state index in [0.717, 1.165) is 12.1 Å². The van der Waals surface area contributed by atoms with Gasteiger partial charge in [-0.2, -0.15) is 0 Å². The van der Waals surface area contributed by atoms with Crippen LogP contribution in [0.25, 0.3) is 0 Å². The molecule has 0 spiro atoms. The van der Waals surface area contributed by atoms with E-state index < -0.39 is 5.60 Å². The number of amides is 2. The van der Waals surface area contributed by atoms with Gasteiger partial charge in [-0.1, -0.05) is 6.07 Å². The highest BCUT2D eigenvalue weighted by atomic mass is 16.6. The van der Waals surface area contributed by atoms with E-state index in [1.807, 2.05) is 39.0 Å². The summed E-state index contributed by atoms with van der Waals surface area (Å²) in [4.78, 5) is 30.2. The average molecular weight is 333 g/mol. The van der Waals surface area contributed by atoms with Crippen LogP contribution in [0, 0.1) is 5.92 Å². The molecule has 6 heteroatoms. The van der Waals surface area contributed by atoms with Gasteiger partial charge in [0.2, 0.25) is 5.91 Å². The second-order valence-corrected chi connectivity index (χ2v) is 7.10. The molecule has 1 aliphatic rings. The minimum atomic E-state index is -0.489. The van der Waals surface area contributed by atoms with E-state index in [1.165, 1.54) is 0 Å². The summed E-state index contributed by atoms with van der Waals surface area (Å²) in [5.41, 5.74) is 0.481. The SMILES string of the molecule is CC(C)(C)OC(=O)N1CCC(C(=O)NCCc2ccccn2)CC1. The quantitative estimate of drug-likeness (QED) is 0.918. The van der Waals surface area contributed by atoms with Crippen LogP contribution in [0.2, 0.25) is 0 Å². The van der Waals surface area contributed by atoms with Gasteiger partial charge >= 0.3 is 6.09 Å². The van der Waals surface area contributed by atoms with Gasteiger partial charge in [-0.15, -0.1) is 0 Å². The van der Waals surface area contributed by atoms with E-state index in [2.05, 4.69) is 10.3 Å². The first kappa shape index (κ1) is 18.2. The molecule has 2 heterocycles. The number of rotatable bonds is 4. The molecule has 2 amide bonds. The minimum absolute atomic E-state index is 0.0348. The van der Waals surface area contributed by atoms with Gasteiger partial charge in [0.1, 0.15) is 5.60 Å². The molecule has 0 radical (unpaired) electrons. The topological polar surface area (TPSA) is 71.5 Å². The summed E-state index contributed by atoms with van der Waals surface area (Å²) < 4.78 is 5.37. The normalized spacial score (nSPS) is 15.9. The first-order valence-corrected chi connectivity index (χ1v) is 8.51. The molecule has 132 valence electrons. The number of carbonyl (C=O) groups is 2. The highest BCUT2D eigenvalue weighted by Crippen LogP contribution is 2.19. The van der Waals surface area contributed by atoms with Crippen LogP contribution < -0.4 is 5.32 Å². The smallest absolute Gasteiger partial charge is 0.410 e. The van der Waals surface area contributed by atoms with Crippen molar-refractivity contribution >= 4 is 12.0 Å². The van der Waals surface area contributed by atoms with Crippen LogP contribution in [0.15, 0.2) is 24.4 Å². The standard InChI is InChI=1S/C18H27N3O3/c1-18(2,3)24-17(23)21-12-8-14(9-13-21)16(22)20-11-7-15-6-4-5-10-19-15/h4-6,10,14H,7-9,11-13H2,1-3H3,(H,20,22). The first-order valence-electron chi connectivity index (χ1n) is 8.51. The number of hydrogen-bond donors (Lipinski definition) is 1. The maximum Gasteiger partial charge on any atom is 0.410 e. The maximum atomic E-state index is 12.2. The molecule has 0 saturated carbocycles. The Kier molecular flexibility index (Phi) is 6.17. The minimum Gasteiger partial charge on any atom is -0.444 e. The Morgan fingerprint density at radius 2 is 2.00 bits per heavy atom. The highest BCUT2D eigenvalue weighted by Gasteiger charge is 2.29. The summed E-state index contributed by atoms with van der Waals surface area (Å²) in [6.45, 7) is 7.27. The van der Waals surface area contributed by atoms with Gasteiger partial charge in [-0.3, -0.25) is 9.78 Å². The average Bonchev–Trinajstić information content (AvgIpc) is 2.54. The van der Waals surface area contributed by atoms with Crippen molar-refractivity contribution in [1.82, 2.24) is 15.2 Å². The van der Waals surface area contributed by atoms with Gasteiger partial charge in [0.25, 0.3) is 0 Å². The summed E-state index contributed by atoms with van der Waals surface area (Å²) in [7, 11) is 0. The fraction of sp³-hybridized carbons (Fsp3) is 0.611. The predicted octanol–water partition coefficient (Wildman–Crippen LogP) is 2.39. The third kappa shape index (κ3) is 5.83. The molecule has 0 aliphatic carbocycles. The molecule has 0 bridgehead atoms. The Balaban J connectivity index is 1.70. The zero-order valence-corrected chi connectivity index (χ0v) is 14.7. The Morgan fingerprint density at radius 1 is 1.29 bits per heavy atom. The van der Waals surface area contributed by atoms with Crippen molar-refractivity contribution in [2.45, 2.75) is 45.6 Å². The molecule has 24 heavy (non-hydrogen) atoms. The summed E-state index contributed by atoms with van der Waals surface area (Å²) in [5, 5.41) is 2.97. The van der Waals surface area contributed by atoms with Crippen molar-refractivity contribution in [3.05, 3.63) is 30.1 Å². The zero-order valence-electron chi connectivity index (χ0n) is 14.7. The lowest BCUT2D eigenvalue weighted by Gasteiger charge is -2.32. The fourth-order valence-electron chi connectivity index (χ4n) is 2.65. The second-order valence-electron chi connectivity index (χ2n) is 7.10. The van der Waals surface area contributed by atoms with Crippen molar-refractivity contribution in [1.29, 1.82) is 0 Å². The summed E-state index contributed by atoms with van der Waals surface area (Å²) in [6, 6.07) is 5.77. The largest absolute Gasteiger partial charge is 0.444 e. The van der Waals surface area contributed by atoms with E-state index >= 15 is 0 Å². The zero-order chi connectivity index (χ0) is 17.6.